The summed E-state index contributed by atoms with van der Waals surface area (Å²) >= 11 is 0. The van der Waals surface area contributed by atoms with Crippen LogP contribution in [-0.2, 0) is 0 Å². The summed E-state index contributed by atoms with van der Waals surface area (Å²) in [7, 11) is 0. The van der Waals surface area contributed by atoms with Gasteiger partial charge < -0.3 is 8.83 Å². The van der Waals surface area contributed by atoms with Crippen LogP contribution < -0.4 is 0 Å². The molecule has 0 radical (unpaired) electrons. The molecule has 0 spiro atoms. The highest BCUT2D eigenvalue weighted by molar-refractivity contribution is 6.22. The van der Waals surface area contributed by atoms with Crippen LogP contribution in [0.2, 0.25) is 0 Å². The Kier molecular flexibility index (Phi) is 6.09. The van der Waals surface area contributed by atoms with Gasteiger partial charge in [-0.1, -0.05) is 133 Å². The highest BCUT2D eigenvalue weighted by Gasteiger charge is 2.18. The average molecular weight is 687 g/mol. The molecule has 0 amide bonds. The number of fused-ring (bicyclic) bond motifs is 11. The maximum atomic E-state index is 6.49. The fourth-order valence-electron chi connectivity index (χ4n) is 8.91. The number of rotatable bonds is 3. The van der Waals surface area contributed by atoms with E-state index in [0.29, 0.717) is 0 Å². The van der Waals surface area contributed by atoms with Gasteiger partial charge in [-0.2, -0.15) is 0 Å². The van der Waals surface area contributed by atoms with Gasteiger partial charge in [-0.15, -0.1) is 0 Å². The minimum atomic E-state index is 0.862. The van der Waals surface area contributed by atoms with E-state index in [2.05, 4.69) is 170 Å². The molecule has 0 aliphatic heterocycles. The quantitative estimate of drug-likeness (QED) is 0.173. The summed E-state index contributed by atoms with van der Waals surface area (Å²) in [5.74, 6) is 0. The lowest BCUT2D eigenvalue weighted by atomic mass is 9.85. The van der Waals surface area contributed by atoms with Crippen molar-refractivity contribution in [3.8, 4) is 33.4 Å². The molecule has 2 heteroatoms. The smallest absolute Gasteiger partial charge is 0.143 e. The summed E-state index contributed by atoms with van der Waals surface area (Å²) in [5.41, 5.74) is 10.8. The minimum Gasteiger partial charge on any atom is -0.456 e. The van der Waals surface area contributed by atoms with Crippen LogP contribution in [0.1, 0.15) is 0 Å². The lowest BCUT2D eigenvalue weighted by Gasteiger charge is -2.18. The molecule has 10 aromatic carbocycles. The molecule has 12 aromatic rings. The fourth-order valence-corrected chi connectivity index (χ4v) is 8.91. The van der Waals surface area contributed by atoms with Gasteiger partial charge in [-0.05, 0) is 120 Å². The average Bonchev–Trinajstić information content (AvgIpc) is 3.79. The van der Waals surface area contributed by atoms with Crippen molar-refractivity contribution in [2.75, 3.05) is 0 Å². The van der Waals surface area contributed by atoms with Gasteiger partial charge in [0.1, 0.15) is 22.3 Å². The van der Waals surface area contributed by atoms with Crippen molar-refractivity contribution < 1.29 is 8.83 Å². The molecule has 2 heterocycles. The van der Waals surface area contributed by atoms with Crippen LogP contribution >= 0.6 is 0 Å². The number of para-hydroxylation sites is 1. The van der Waals surface area contributed by atoms with E-state index in [4.69, 9.17) is 8.83 Å². The first-order valence-electron chi connectivity index (χ1n) is 18.5. The van der Waals surface area contributed by atoms with E-state index in [9.17, 15) is 0 Å². The van der Waals surface area contributed by atoms with Crippen molar-refractivity contribution in [2.24, 2.45) is 0 Å². The second kappa shape index (κ2) is 11.2. The van der Waals surface area contributed by atoms with Gasteiger partial charge in [0.05, 0.1) is 0 Å². The summed E-state index contributed by atoms with van der Waals surface area (Å²) < 4.78 is 12.9. The van der Waals surface area contributed by atoms with Crippen LogP contribution in [-0.4, -0.2) is 0 Å². The first-order chi connectivity index (χ1) is 26.7. The third-order valence-corrected chi connectivity index (χ3v) is 11.4. The third-order valence-electron chi connectivity index (χ3n) is 11.4. The Morgan fingerprint density at radius 3 is 1.59 bits per heavy atom. The summed E-state index contributed by atoms with van der Waals surface area (Å²) in [6.07, 6.45) is 0. The largest absolute Gasteiger partial charge is 0.456 e. The highest BCUT2D eigenvalue weighted by Crippen LogP contribution is 2.45. The molecule has 0 atom stereocenters. The highest BCUT2D eigenvalue weighted by atomic mass is 16.3. The zero-order valence-electron chi connectivity index (χ0n) is 29.1. The van der Waals surface area contributed by atoms with Gasteiger partial charge in [0.25, 0.3) is 0 Å². The van der Waals surface area contributed by atoms with E-state index < -0.39 is 0 Å². The van der Waals surface area contributed by atoms with Crippen molar-refractivity contribution in [1.82, 2.24) is 0 Å². The topological polar surface area (TPSA) is 26.3 Å². The normalized spacial score (nSPS) is 12.1. The van der Waals surface area contributed by atoms with Gasteiger partial charge >= 0.3 is 0 Å². The van der Waals surface area contributed by atoms with Gasteiger partial charge in [0, 0.05) is 26.9 Å². The lowest BCUT2D eigenvalue weighted by Crippen LogP contribution is -1.91. The standard InChI is InChI=1S/C52H30O2/c1-2-11-32-26-37(21-20-31(32)10-1)51-41-17-5-3-15-39(41)50(40-16-4-6-18-42(40)51)36-13-9-12-33(27-36)34-23-25-48-45(28-34)46-29-35-22-24-43-38-14-7-8-19-47(38)54-52(43)44(35)30-49(46)53-48/h1-30H. The van der Waals surface area contributed by atoms with Gasteiger partial charge in [-0.25, -0.2) is 0 Å². The van der Waals surface area contributed by atoms with E-state index in [1.807, 2.05) is 12.1 Å². The Hall–Kier alpha value is -7.16. The molecule has 0 unspecified atom stereocenters. The van der Waals surface area contributed by atoms with E-state index in [1.165, 1.54) is 60.1 Å². The maximum Gasteiger partial charge on any atom is 0.143 e. The van der Waals surface area contributed by atoms with Crippen LogP contribution in [0, 0.1) is 0 Å². The molecule has 0 aliphatic rings. The molecule has 12 rings (SSSR count). The predicted molar refractivity (Wildman–Crippen MR) is 227 cm³/mol. The van der Waals surface area contributed by atoms with Crippen LogP contribution in [0.4, 0.5) is 0 Å². The first-order valence-corrected chi connectivity index (χ1v) is 18.5. The monoisotopic (exact) mass is 686 g/mol. The summed E-state index contributed by atoms with van der Waals surface area (Å²) in [6.45, 7) is 0. The SMILES string of the molecule is c1cc(-c2ccc3oc4cc5c(ccc6c7ccccc7oc56)cc4c3c2)cc(-c2c3ccccc3c(-c3ccc4ccccc4c3)c3ccccc23)c1. The molecule has 0 fully saturated rings. The zero-order valence-corrected chi connectivity index (χ0v) is 29.1. The van der Waals surface area contributed by atoms with E-state index in [0.717, 1.165) is 60.2 Å². The first kappa shape index (κ1) is 29.4. The van der Waals surface area contributed by atoms with Gasteiger partial charge in [0.2, 0.25) is 0 Å². The molecule has 54 heavy (non-hydrogen) atoms. The van der Waals surface area contributed by atoms with E-state index in [1.54, 1.807) is 0 Å². The lowest BCUT2D eigenvalue weighted by molar-refractivity contribution is 0.667. The fraction of sp³-hybridized carbons (Fsp3) is 0. The second-order valence-electron chi connectivity index (χ2n) is 14.4. The molecule has 2 nitrogen and oxygen atoms in total. The molecule has 0 N–H and O–H groups in total. The predicted octanol–water partition coefficient (Wildman–Crippen LogP) is 15.1. The molecule has 2 aromatic heterocycles. The number of hydrogen-bond donors (Lipinski definition) is 0. The molecule has 0 saturated heterocycles. The Balaban J connectivity index is 1.02. The second-order valence-corrected chi connectivity index (χ2v) is 14.4. The van der Waals surface area contributed by atoms with Crippen LogP contribution in [0.5, 0.6) is 0 Å². The van der Waals surface area contributed by atoms with Gasteiger partial charge in [-0.3, -0.25) is 0 Å². The van der Waals surface area contributed by atoms with Gasteiger partial charge in [0.15, 0.2) is 0 Å². The Bertz CT molecular complexity index is 3450. The summed E-state index contributed by atoms with van der Waals surface area (Å²) in [6, 6.07) is 65.8. The van der Waals surface area contributed by atoms with E-state index >= 15 is 0 Å². The summed E-state index contributed by atoms with van der Waals surface area (Å²) in [5, 5.41) is 14.2. The van der Waals surface area contributed by atoms with Crippen molar-refractivity contribution in [3.05, 3.63) is 182 Å². The van der Waals surface area contributed by atoms with Crippen LogP contribution in [0.25, 0.3) is 120 Å². The Labute approximate surface area is 310 Å². The molecule has 0 aliphatic carbocycles. The van der Waals surface area contributed by atoms with Crippen molar-refractivity contribution in [1.29, 1.82) is 0 Å². The molecular formula is C52H30O2. The number of hydrogen-bond acceptors (Lipinski definition) is 2. The maximum absolute atomic E-state index is 6.49. The third kappa shape index (κ3) is 4.28. The Morgan fingerprint density at radius 2 is 0.815 bits per heavy atom. The summed E-state index contributed by atoms with van der Waals surface area (Å²) in [4.78, 5) is 0. The molecule has 0 saturated carbocycles. The van der Waals surface area contributed by atoms with E-state index in [-0.39, 0.29) is 0 Å². The Morgan fingerprint density at radius 1 is 0.241 bits per heavy atom. The molecule has 250 valence electrons. The van der Waals surface area contributed by atoms with Crippen LogP contribution in [0.15, 0.2) is 191 Å². The molecule has 0 bridgehead atoms. The zero-order chi connectivity index (χ0) is 35.3. The van der Waals surface area contributed by atoms with Crippen molar-refractivity contribution in [3.63, 3.8) is 0 Å². The number of benzene rings is 10. The van der Waals surface area contributed by atoms with Crippen LogP contribution in [0.3, 0.4) is 0 Å². The van der Waals surface area contributed by atoms with Crippen molar-refractivity contribution in [2.45, 2.75) is 0 Å². The molecular weight excluding hydrogens is 657 g/mol. The number of furan rings is 2. The minimum absolute atomic E-state index is 0.862. The van der Waals surface area contributed by atoms with Crippen molar-refractivity contribution >= 4 is 87.0 Å².